The Morgan fingerprint density at radius 3 is 1.97 bits per heavy atom. The number of hydrogen-bond acceptors (Lipinski definition) is 3. The summed E-state index contributed by atoms with van der Waals surface area (Å²) in [6, 6.07) is 25.3. The molecule has 29 heavy (non-hydrogen) atoms. The highest BCUT2D eigenvalue weighted by Gasteiger charge is 2.18. The van der Waals surface area contributed by atoms with Crippen LogP contribution < -0.4 is 0 Å². The van der Waals surface area contributed by atoms with Gasteiger partial charge in [-0.15, -0.1) is 0 Å². The number of hydrogen-bond donors (Lipinski definition) is 0. The Bertz CT molecular complexity index is 891. The number of ether oxygens (including phenoxy) is 1. The summed E-state index contributed by atoms with van der Waals surface area (Å²) in [7, 11) is 0. The van der Waals surface area contributed by atoms with Crippen molar-refractivity contribution in [3.05, 3.63) is 106 Å². The lowest BCUT2D eigenvalue weighted by Crippen LogP contribution is -2.33. The van der Waals surface area contributed by atoms with Crippen molar-refractivity contribution in [2.24, 2.45) is 0 Å². The molecule has 0 saturated carbocycles. The van der Waals surface area contributed by atoms with Crippen molar-refractivity contribution < 1.29 is 9.53 Å². The van der Waals surface area contributed by atoms with Crippen LogP contribution in [0.2, 0.25) is 10.0 Å². The van der Waals surface area contributed by atoms with Gasteiger partial charge in [0.1, 0.15) is 6.10 Å². The average Bonchev–Trinajstić information content (AvgIpc) is 2.69. The second-order valence-electron chi connectivity index (χ2n) is 6.98. The van der Waals surface area contributed by atoms with E-state index in [0.29, 0.717) is 22.2 Å². The molecule has 0 aliphatic carbocycles. The molecule has 0 unspecified atom stereocenters. The molecule has 5 heteroatoms. The Kier molecular flexibility index (Phi) is 7.70. The van der Waals surface area contributed by atoms with Gasteiger partial charge in [0.15, 0.2) is 0 Å². The molecule has 0 amide bonds. The molecule has 0 spiro atoms. The van der Waals surface area contributed by atoms with E-state index in [1.165, 1.54) is 11.1 Å². The number of carbonyl (C=O) groups is 1. The Morgan fingerprint density at radius 2 is 1.45 bits per heavy atom. The molecule has 0 aliphatic rings. The molecule has 0 radical (unpaired) electrons. The van der Waals surface area contributed by atoms with Crippen LogP contribution in [-0.2, 0) is 17.8 Å². The van der Waals surface area contributed by atoms with Crippen molar-refractivity contribution in [2.45, 2.75) is 26.1 Å². The first kappa shape index (κ1) is 21.4. The molecule has 0 aliphatic heterocycles. The first-order valence-corrected chi connectivity index (χ1v) is 10.2. The number of benzene rings is 3. The van der Waals surface area contributed by atoms with Gasteiger partial charge in [0.05, 0.1) is 10.6 Å². The van der Waals surface area contributed by atoms with Gasteiger partial charge in [0.2, 0.25) is 0 Å². The molecule has 0 fully saturated rings. The van der Waals surface area contributed by atoms with Crippen molar-refractivity contribution in [3.63, 3.8) is 0 Å². The third-order valence-corrected chi connectivity index (χ3v) is 5.02. The van der Waals surface area contributed by atoms with Crippen LogP contribution >= 0.6 is 23.2 Å². The van der Waals surface area contributed by atoms with E-state index >= 15 is 0 Å². The molecule has 0 N–H and O–H groups in total. The SMILES string of the molecule is C[C@@H](CN(Cc1ccccc1)Cc1ccccc1)OC(=O)c1ccc(Cl)cc1Cl. The van der Waals surface area contributed by atoms with E-state index in [9.17, 15) is 4.79 Å². The number of halogens is 2. The van der Waals surface area contributed by atoms with Crippen molar-refractivity contribution in [1.82, 2.24) is 4.90 Å². The number of esters is 1. The van der Waals surface area contributed by atoms with Gasteiger partial charge in [-0.3, -0.25) is 4.90 Å². The lowest BCUT2D eigenvalue weighted by Gasteiger charge is -2.26. The van der Waals surface area contributed by atoms with E-state index < -0.39 is 5.97 Å². The molecular formula is C24H23Cl2NO2. The van der Waals surface area contributed by atoms with Gasteiger partial charge in [0, 0.05) is 24.7 Å². The van der Waals surface area contributed by atoms with E-state index in [2.05, 4.69) is 29.2 Å². The molecule has 0 bridgehead atoms. The first-order chi connectivity index (χ1) is 14.0. The first-order valence-electron chi connectivity index (χ1n) is 9.47. The van der Waals surface area contributed by atoms with Gasteiger partial charge in [-0.2, -0.15) is 0 Å². The Labute approximate surface area is 181 Å². The summed E-state index contributed by atoms with van der Waals surface area (Å²) in [5.41, 5.74) is 2.74. The standard InChI is InChI=1S/C24H23Cl2NO2/c1-18(29-24(28)22-13-12-21(25)14-23(22)26)15-27(16-19-8-4-2-5-9-19)17-20-10-6-3-7-11-20/h2-14,18H,15-17H2,1H3/t18-/m0/s1. The monoisotopic (exact) mass is 427 g/mol. The summed E-state index contributed by atoms with van der Waals surface area (Å²) in [6.45, 7) is 4.02. The number of nitrogens with zero attached hydrogens (tertiary/aromatic N) is 1. The zero-order valence-corrected chi connectivity index (χ0v) is 17.7. The molecule has 3 aromatic rings. The molecule has 1 atom stereocenters. The van der Waals surface area contributed by atoms with Gasteiger partial charge in [0.25, 0.3) is 0 Å². The smallest absolute Gasteiger partial charge is 0.339 e. The molecule has 3 rings (SSSR count). The fourth-order valence-corrected chi connectivity index (χ4v) is 3.66. The third-order valence-electron chi connectivity index (χ3n) is 4.47. The van der Waals surface area contributed by atoms with Gasteiger partial charge >= 0.3 is 5.97 Å². The van der Waals surface area contributed by atoms with Gasteiger partial charge < -0.3 is 4.74 Å². The minimum atomic E-state index is -0.446. The van der Waals surface area contributed by atoms with Crippen LogP contribution in [-0.4, -0.2) is 23.5 Å². The van der Waals surface area contributed by atoms with E-state index in [0.717, 1.165) is 13.1 Å². The summed E-state index contributed by atoms with van der Waals surface area (Å²) in [5, 5.41) is 0.775. The molecule has 0 heterocycles. The number of carbonyl (C=O) groups excluding carboxylic acids is 1. The minimum Gasteiger partial charge on any atom is -0.458 e. The van der Waals surface area contributed by atoms with Gasteiger partial charge in [-0.05, 0) is 36.2 Å². The summed E-state index contributed by atoms with van der Waals surface area (Å²) in [4.78, 5) is 14.8. The zero-order chi connectivity index (χ0) is 20.6. The number of rotatable bonds is 8. The predicted molar refractivity (Wildman–Crippen MR) is 118 cm³/mol. The maximum absolute atomic E-state index is 12.5. The summed E-state index contributed by atoms with van der Waals surface area (Å²) < 4.78 is 5.65. The largest absolute Gasteiger partial charge is 0.458 e. The van der Waals surface area contributed by atoms with E-state index in [-0.39, 0.29) is 6.10 Å². The van der Waals surface area contributed by atoms with Crippen LogP contribution in [0.5, 0.6) is 0 Å². The maximum Gasteiger partial charge on any atom is 0.339 e. The topological polar surface area (TPSA) is 29.5 Å². The van der Waals surface area contributed by atoms with Crippen LogP contribution in [0.4, 0.5) is 0 Å². The second-order valence-corrected chi connectivity index (χ2v) is 7.82. The Balaban J connectivity index is 1.67. The lowest BCUT2D eigenvalue weighted by atomic mass is 10.1. The summed E-state index contributed by atoms with van der Waals surface area (Å²) >= 11 is 12.0. The van der Waals surface area contributed by atoms with Gasteiger partial charge in [-0.25, -0.2) is 4.79 Å². The lowest BCUT2D eigenvalue weighted by molar-refractivity contribution is 0.0237. The summed E-state index contributed by atoms with van der Waals surface area (Å²) in [6.07, 6.45) is -0.304. The van der Waals surface area contributed by atoms with E-state index in [4.69, 9.17) is 27.9 Å². The molecule has 0 aromatic heterocycles. The zero-order valence-electron chi connectivity index (χ0n) is 16.2. The molecule has 3 nitrogen and oxygen atoms in total. The highest BCUT2D eigenvalue weighted by molar-refractivity contribution is 6.36. The van der Waals surface area contributed by atoms with Crippen molar-refractivity contribution in [2.75, 3.05) is 6.54 Å². The van der Waals surface area contributed by atoms with Crippen LogP contribution in [0.15, 0.2) is 78.9 Å². The van der Waals surface area contributed by atoms with Crippen molar-refractivity contribution in [1.29, 1.82) is 0 Å². The van der Waals surface area contributed by atoms with Crippen LogP contribution in [0.3, 0.4) is 0 Å². The molecule has 3 aromatic carbocycles. The van der Waals surface area contributed by atoms with Gasteiger partial charge in [-0.1, -0.05) is 83.9 Å². The molecule has 0 saturated heterocycles. The average molecular weight is 428 g/mol. The molecule has 150 valence electrons. The van der Waals surface area contributed by atoms with E-state index in [1.807, 2.05) is 43.3 Å². The second kappa shape index (κ2) is 10.4. The van der Waals surface area contributed by atoms with Crippen molar-refractivity contribution in [3.8, 4) is 0 Å². The predicted octanol–water partition coefficient (Wildman–Crippen LogP) is 6.24. The van der Waals surface area contributed by atoms with Crippen molar-refractivity contribution >= 4 is 29.2 Å². The minimum absolute atomic E-state index is 0.292. The quantitative estimate of drug-likeness (QED) is 0.398. The fraction of sp³-hybridized carbons (Fsp3) is 0.208. The van der Waals surface area contributed by atoms with Crippen LogP contribution in [0.25, 0.3) is 0 Å². The van der Waals surface area contributed by atoms with E-state index in [1.54, 1.807) is 18.2 Å². The fourth-order valence-electron chi connectivity index (χ4n) is 3.17. The maximum atomic E-state index is 12.5. The third kappa shape index (κ3) is 6.60. The highest BCUT2D eigenvalue weighted by Crippen LogP contribution is 2.22. The normalized spacial score (nSPS) is 12.0. The Hall–Kier alpha value is -2.33. The van der Waals surface area contributed by atoms with Crippen LogP contribution in [0, 0.1) is 0 Å². The molecular weight excluding hydrogens is 405 g/mol. The summed E-state index contributed by atoms with van der Waals surface area (Å²) in [5.74, 6) is -0.446. The Morgan fingerprint density at radius 1 is 0.897 bits per heavy atom. The highest BCUT2D eigenvalue weighted by atomic mass is 35.5. The van der Waals surface area contributed by atoms with Crippen LogP contribution in [0.1, 0.15) is 28.4 Å².